The molecule has 1 aromatic rings. The fourth-order valence-electron chi connectivity index (χ4n) is 1.11. The Kier molecular flexibility index (Phi) is 3.91. The van der Waals surface area contributed by atoms with Crippen molar-refractivity contribution in [2.45, 2.75) is 6.42 Å². The van der Waals surface area contributed by atoms with Crippen LogP contribution in [0.25, 0.3) is 0 Å². The first-order chi connectivity index (χ1) is 6.67. The van der Waals surface area contributed by atoms with Crippen LogP contribution in [-0.2, 0) is 11.2 Å². The molecule has 1 rings (SSSR count). The third-order valence-electron chi connectivity index (χ3n) is 1.75. The number of nitrogens with one attached hydrogen (secondary N) is 1. The summed E-state index contributed by atoms with van der Waals surface area (Å²) < 4.78 is 6.01. The zero-order chi connectivity index (χ0) is 10.6. The molecule has 0 aliphatic rings. The maximum atomic E-state index is 11.1. The van der Waals surface area contributed by atoms with Gasteiger partial charge in [0.1, 0.15) is 5.75 Å². The van der Waals surface area contributed by atoms with Crippen LogP contribution in [0, 0.1) is 0 Å². The summed E-state index contributed by atoms with van der Waals surface area (Å²) in [6, 6.07) is 5.47. The lowest BCUT2D eigenvalue weighted by Crippen LogP contribution is -2.31. The number of halogens is 1. The monoisotopic (exact) mass is 258 g/mol. The number of benzene rings is 1. The number of nitrogens with two attached hydrogens (primary N) is 1. The number of amides is 1. The highest BCUT2D eigenvalue weighted by atomic mass is 79.9. The molecule has 76 valence electrons. The van der Waals surface area contributed by atoms with Crippen LogP contribution in [-0.4, -0.2) is 13.0 Å². The lowest BCUT2D eigenvalue weighted by atomic mass is 10.1. The van der Waals surface area contributed by atoms with Crippen molar-refractivity contribution in [2.75, 3.05) is 7.11 Å². The maximum absolute atomic E-state index is 11.1. The summed E-state index contributed by atoms with van der Waals surface area (Å²) in [6.07, 6.45) is 0.207. The van der Waals surface area contributed by atoms with E-state index >= 15 is 0 Å². The molecule has 3 N–H and O–H groups in total. The summed E-state index contributed by atoms with van der Waals surface area (Å²) in [7, 11) is 1.56. The van der Waals surface area contributed by atoms with E-state index in [1.165, 1.54) is 0 Å². The fraction of sp³-hybridized carbons (Fsp3) is 0.222. The predicted molar refractivity (Wildman–Crippen MR) is 56.7 cm³/mol. The second kappa shape index (κ2) is 4.97. The van der Waals surface area contributed by atoms with Crippen molar-refractivity contribution < 1.29 is 9.53 Å². The van der Waals surface area contributed by atoms with Gasteiger partial charge in [-0.25, -0.2) is 5.84 Å². The smallest absolute Gasteiger partial charge is 0.238 e. The van der Waals surface area contributed by atoms with Gasteiger partial charge in [-0.2, -0.15) is 0 Å². The molecule has 0 saturated carbocycles. The summed E-state index contributed by atoms with van der Waals surface area (Å²) in [6.45, 7) is 0. The van der Waals surface area contributed by atoms with Crippen LogP contribution in [0.5, 0.6) is 5.75 Å². The maximum Gasteiger partial charge on any atom is 0.238 e. The molecule has 14 heavy (non-hydrogen) atoms. The Morgan fingerprint density at radius 3 is 2.93 bits per heavy atom. The van der Waals surface area contributed by atoms with Crippen LogP contribution in [0.15, 0.2) is 22.7 Å². The van der Waals surface area contributed by atoms with E-state index in [0.29, 0.717) is 5.75 Å². The van der Waals surface area contributed by atoms with E-state index < -0.39 is 0 Å². The average Bonchev–Trinajstić information content (AvgIpc) is 2.18. The lowest BCUT2D eigenvalue weighted by molar-refractivity contribution is -0.120. The molecule has 4 nitrogen and oxygen atoms in total. The van der Waals surface area contributed by atoms with Crippen molar-refractivity contribution in [1.29, 1.82) is 0 Å². The second-order valence-corrected chi connectivity index (χ2v) is 3.62. The van der Waals surface area contributed by atoms with E-state index in [1.807, 2.05) is 12.1 Å². The predicted octanol–water partition coefficient (Wildman–Crippen LogP) is 0.990. The van der Waals surface area contributed by atoms with Crippen molar-refractivity contribution in [3.8, 4) is 5.75 Å². The van der Waals surface area contributed by atoms with Gasteiger partial charge in [0.2, 0.25) is 5.91 Å². The van der Waals surface area contributed by atoms with Crippen LogP contribution in [0.2, 0.25) is 0 Å². The highest BCUT2D eigenvalue weighted by Crippen LogP contribution is 2.23. The molecule has 0 saturated heterocycles. The third kappa shape index (κ3) is 2.71. The Morgan fingerprint density at radius 1 is 1.64 bits per heavy atom. The number of ether oxygens (including phenoxy) is 1. The van der Waals surface area contributed by atoms with E-state index in [-0.39, 0.29) is 12.3 Å². The molecule has 0 aromatic heterocycles. The van der Waals surface area contributed by atoms with Crippen LogP contribution in [0.3, 0.4) is 0 Å². The summed E-state index contributed by atoms with van der Waals surface area (Å²) in [5, 5.41) is 0. The molecule has 0 unspecified atom stereocenters. The van der Waals surface area contributed by atoms with Gasteiger partial charge in [0.15, 0.2) is 0 Å². The van der Waals surface area contributed by atoms with Crippen molar-refractivity contribution in [3.63, 3.8) is 0 Å². The Morgan fingerprint density at radius 2 is 2.36 bits per heavy atom. The minimum Gasteiger partial charge on any atom is -0.496 e. The fourth-order valence-corrected chi connectivity index (χ4v) is 1.52. The molecule has 0 spiro atoms. The first-order valence-electron chi connectivity index (χ1n) is 3.99. The molecular formula is C9H11BrN2O2. The molecule has 0 bridgehead atoms. The Balaban J connectivity index is 2.93. The van der Waals surface area contributed by atoms with Crippen molar-refractivity contribution in [2.24, 2.45) is 5.84 Å². The van der Waals surface area contributed by atoms with Gasteiger partial charge in [-0.3, -0.25) is 10.2 Å². The zero-order valence-corrected chi connectivity index (χ0v) is 9.30. The topological polar surface area (TPSA) is 64.3 Å². The second-order valence-electron chi connectivity index (χ2n) is 2.70. The van der Waals surface area contributed by atoms with E-state index in [4.69, 9.17) is 10.6 Å². The SMILES string of the molecule is COc1ccc(Br)cc1CC(=O)NN. The van der Waals surface area contributed by atoms with Crippen LogP contribution >= 0.6 is 15.9 Å². The number of carbonyl (C=O) groups excluding carboxylic acids is 1. The largest absolute Gasteiger partial charge is 0.496 e. The van der Waals surface area contributed by atoms with Gasteiger partial charge in [-0.05, 0) is 18.2 Å². The van der Waals surface area contributed by atoms with E-state index in [0.717, 1.165) is 10.0 Å². The van der Waals surface area contributed by atoms with Crippen molar-refractivity contribution in [1.82, 2.24) is 5.43 Å². The molecule has 0 heterocycles. The first kappa shape index (κ1) is 11.0. The normalized spacial score (nSPS) is 9.64. The summed E-state index contributed by atoms with van der Waals surface area (Å²) in [4.78, 5) is 11.1. The van der Waals surface area contributed by atoms with E-state index in [2.05, 4.69) is 21.4 Å². The number of rotatable bonds is 3. The van der Waals surface area contributed by atoms with Gasteiger partial charge in [0, 0.05) is 10.0 Å². The van der Waals surface area contributed by atoms with Gasteiger partial charge in [-0.15, -0.1) is 0 Å². The minimum atomic E-state index is -0.249. The molecule has 5 heteroatoms. The third-order valence-corrected chi connectivity index (χ3v) is 2.25. The number of methoxy groups -OCH3 is 1. The molecule has 0 atom stereocenters. The number of hydrazine groups is 1. The van der Waals surface area contributed by atoms with E-state index in [1.54, 1.807) is 13.2 Å². The minimum absolute atomic E-state index is 0.207. The van der Waals surface area contributed by atoms with Gasteiger partial charge in [-0.1, -0.05) is 15.9 Å². The van der Waals surface area contributed by atoms with Gasteiger partial charge in [0.05, 0.1) is 13.5 Å². The quantitative estimate of drug-likeness (QED) is 0.483. The number of hydrogen-bond donors (Lipinski definition) is 2. The first-order valence-corrected chi connectivity index (χ1v) is 4.78. The Labute approximate surface area is 90.5 Å². The van der Waals surface area contributed by atoms with Crippen molar-refractivity contribution in [3.05, 3.63) is 28.2 Å². The van der Waals surface area contributed by atoms with Crippen LogP contribution in [0.1, 0.15) is 5.56 Å². The standard InChI is InChI=1S/C9H11BrN2O2/c1-14-8-3-2-7(10)4-6(8)5-9(13)12-11/h2-4H,5,11H2,1H3,(H,12,13). The highest BCUT2D eigenvalue weighted by Gasteiger charge is 2.07. The van der Waals surface area contributed by atoms with Gasteiger partial charge >= 0.3 is 0 Å². The highest BCUT2D eigenvalue weighted by molar-refractivity contribution is 9.10. The average molecular weight is 259 g/mol. The van der Waals surface area contributed by atoms with Crippen LogP contribution in [0.4, 0.5) is 0 Å². The summed E-state index contributed by atoms with van der Waals surface area (Å²) in [5.41, 5.74) is 2.87. The zero-order valence-electron chi connectivity index (χ0n) is 7.71. The Bertz CT molecular complexity index is 342. The molecule has 0 fully saturated rings. The lowest BCUT2D eigenvalue weighted by Gasteiger charge is -2.07. The summed E-state index contributed by atoms with van der Waals surface area (Å²) in [5.74, 6) is 5.43. The molecule has 0 aliphatic heterocycles. The van der Waals surface area contributed by atoms with Gasteiger partial charge in [0.25, 0.3) is 0 Å². The van der Waals surface area contributed by atoms with Gasteiger partial charge < -0.3 is 4.74 Å². The molecule has 1 amide bonds. The van der Waals surface area contributed by atoms with E-state index in [9.17, 15) is 4.79 Å². The number of carbonyl (C=O) groups is 1. The molecular weight excluding hydrogens is 248 g/mol. The molecule has 1 aromatic carbocycles. The molecule has 0 radical (unpaired) electrons. The Hall–Kier alpha value is -1.07. The molecule has 0 aliphatic carbocycles. The van der Waals surface area contributed by atoms with Crippen molar-refractivity contribution >= 4 is 21.8 Å². The summed E-state index contributed by atoms with van der Waals surface area (Å²) >= 11 is 3.32. The number of hydrogen-bond acceptors (Lipinski definition) is 3. The van der Waals surface area contributed by atoms with Crippen LogP contribution < -0.4 is 16.0 Å².